The van der Waals surface area contributed by atoms with Crippen molar-refractivity contribution in [3.8, 4) is 0 Å². The van der Waals surface area contributed by atoms with Crippen LogP contribution in [0.1, 0.15) is 35.3 Å². The first-order valence-corrected chi connectivity index (χ1v) is 10.4. The van der Waals surface area contributed by atoms with E-state index in [2.05, 4.69) is 70.5 Å². The van der Waals surface area contributed by atoms with Crippen molar-refractivity contribution in [1.82, 2.24) is 9.80 Å². The Balaban J connectivity index is 1.60. The first kappa shape index (κ1) is 20.3. The number of esters is 1. The number of carbonyl (C=O) groups is 1. The lowest BCUT2D eigenvalue weighted by Gasteiger charge is -2.44. The molecule has 0 aliphatic carbocycles. The van der Waals surface area contributed by atoms with Gasteiger partial charge in [0.2, 0.25) is 0 Å². The van der Waals surface area contributed by atoms with Gasteiger partial charge in [-0.2, -0.15) is 0 Å². The highest BCUT2D eigenvalue weighted by Gasteiger charge is 2.29. The molecule has 0 saturated carbocycles. The highest BCUT2D eigenvalue weighted by atomic mass is 127. The summed E-state index contributed by atoms with van der Waals surface area (Å²) in [6, 6.07) is 17.5. The van der Waals surface area contributed by atoms with Crippen LogP contribution >= 0.6 is 22.6 Å². The smallest absolute Gasteiger partial charge is 0.337 e. The van der Waals surface area contributed by atoms with E-state index in [4.69, 9.17) is 4.74 Å². The van der Waals surface area contributed by atoms with Crippen molar-refractivity contribution < 1.29 is 9.53 Å². The molecule has 0 N–H and O–H groups in total. The normalized spacial score (nSPS) is 21.2. The molecule has 27 heavy (non-hydrogen) atoms. The number of nitrogens with zero attached hydrogens (tertiary/aromatic N) is 2. The fraction of sp³-hybridized carbons (Fsp3) is 0.409. The summed E-state index contributed by atoms with van der Waals surface area (Å²) in [6.45, 7) is 8.64. The predicted molar refractivity (Wildman–Crippen MR) is 117 cm³/mol. The van der Waals surface area contributed by atoms with Gasteiger partial charge in [-0.1, -0.05) is 24.3 Å². The minimum Gasteiger partial charge on any atom is -0.465 e. The highest BCUT2D eigenvalue weighted by Crippen LogP contribution is 2.21. The lowest BCUT2D eigenvalue weighted by Crippen LogP contribution is -2.55. The van der Waals surface area contributed by atoms with Gasteiger partial charge in [-0.3, -0.25) is 9.80 Å². The number of hydrogen-bond acceptors (Lipinski definition) is 4. The van der Waals surface area contributed by atoms with E-state index in [-0.39, 0.29) is 5.97 Å². The number of piperazine rings is 1. The van der Waals surface area contributed by atoms with Crippen LogP contribution in [0.3, 0.4) is 0 Å². The Morgan fingerprint density at radius 2 is 1.70 bits per heavy atom. The van der Waals surface area contributed by atoms with Gasteiger partial charge < -0.3 is 4.74 Å². The van der Waals surface area contributed by atoms with E-state index in [1.165, 1.54) is 21.8 Å². The number of benzene rings is 2. The fourth-order valence-electron chi connectivity index (χ4n) is 3.88. The highest BCUT2D eigenvalue weighted by molar-refractivity contribution is 14.1. The molecule has 2 atom stereocenters. The van der Waals surface area contributed by atoms with Gasteiger partial charge in [0, 0.05) is 41.8 Å². The summed E-state index contributed by atoms with van der Waals surface area (Å²) in [7, 11) is 1.41. The van der Waals surface area contributed by atoms with Gasteiger partial charge in [0.1, 0.15) is 0 Å². The Kier molecular flexibility index (Phi) is 6.89. The molecule has 1 aliphatic rings. The van der Waals surface area contributed by atoms with Crippen molar-refractivity contribution in [1.29, 1.82) is 0 Å². The number of halogens is 1. The molecule has 2 aromatic carbocycles. The standard InChI is InChI=1S/C22H27IN2O2/c1-16-12-24(14-18-7-9-20(10-8-18)22(26)27-3)13-17(2)25(16)15-19-5-4-6-21(23)11-19/h4-11,16-17H,12-15H2,1-3H3/t16-,17+. The molecule has 0 aromatic heterocycles. The van der Waals surface area contributed by atoms with E-state index in [0.717, 1.165) is 26.2 Å². The fourth-order valence-corrected chi connectivity index (χ4v) is 4.48. The molecule has 0 spiro atoms. The largest absolute Gasteiger partial charge is 0.465 e. The maximum absolute atomic E-state index is 11.6. The van der Waals surface area contributed by atoms with Crippen LogP contribution in [-0.2, 0) is 17.8 Å². The molecule has 3 rings (SSSR count). The van der Waals surface area contributed by atoms with E-state index in [0.29, 0.717) is 17.6 Å². The summed E-state index contributed by atoms with van der Waals surface area (Å²) in [6.07, 6.45) is 0. The van der Waals surface area contributed by atoms with Crippen LogP contribution in [0.15, 0.2) is 48.5 Å². The van der Waals surface area contributed by atoms with Crippen LogP contribution in [0.2, 0.25) is 0 Å². The maximum Gasteiger partial charge on any atom is 0.337 e. The molecule has 144 valence electrons. The summed E-state index contributed by atoms with van der Waals surface area (Å²) in [4.78, 5) is 16.7. The predicted octanol–water partition coefficient (Wildman–Crippen LogP) is 4.17. The Hall–Kier alpha value is -1.44. The third kappa shape index (κ3) is 5.30. The molecule has 1 aliphatic heterocycles. The van der Waals surface area contributed by atoms with Crippen molar-refractivity contribution in [2.24, 2.45) is 0 Å². The van der Waals surface area contributed by atoms with Crippen LogP contribution < -0.4 is 0 Å². The van der Waals surface area contributed by atoms with Gasteiger partial charge in [-0.05, 0) is 71.8 Å². The lowest BCUT2D eigenvalue weighted by molar-refractivity contribution is 0.0290. The minimum atomic E-state index is -0.284. The Morgan fingerprint density at radius 3 is 2.30 bits per heavy atom. The van der Waals surface area contributed by atoms with Crippen LogP contribution in [0.25, 0.3) is 0 Å². The van der Waals surface area contributed by atoms with E-state index in [1.807, 2.05) is 24.3 Å². The van der Waals surface area contributed by atoms with Crippen LogP contribution in [0.5, 0.6) is 0 Å². The second kappa shape index (κ2) is 9.17. The molecular weight excluding hydrogens is 451 g/mol. The zero-order valence-corrected chi connectivity index (χ0v) is 18.3. The number of hydrogen-bond donors (Lipinski definition) is 0. The number of ether oxygens (including phenoxy) is 1. The monoisotopic (exact) mass is 478 g/mol. The zero-order chi connectivity index (χ0) is 19.4. The summed E-state index contributed by atoms with van der Waals surface area (Å²) in [5.74, 6) is -0.284. The molecule has 1 saturated heterocycles. The van der Waals surface area contributed by atoms with E-state index in [9.17, 15) is 4.79 Å². The number of carbonyl (C=O) groups excluding carboxylic acids is 1. The molecular formula is C22H27IN2O2. The Morgan fingerprint density at radius 1 is 1.04 bits per heavy atom. The zero-order valence-electron chi connectivity index (χ0n) is 16.2. The topological polar surface area (TPSA) is 32.8 Å². The molecule has 1 heterocycles. The maximum atomic E-state index is 11.6. The Bertz CT molecular complexity index is 766. The van der Waals surface area contributed by atoms with Gasteiger partial charge in [0.25, 0.3) is 0 Å². The number of methoxy groups -OCH3 is 1. The minimum absolute atomic E-state index is 0.284. The van der Waals surface area contributed by atoms with Gasteiger partial charge in [-0.15, -0.1) is 0 Å². The van der Waals surface area contributed by atoms with Gasteiger partial charge in [0.05, 0.1) is 12.7 Å². The average molecular weight is 478 g/mol. The summed E-state index contributed by atoms with van der Waals surface area (Å²) in [5.41, 5.74) is 3.21. The second-order valence-corrected chi connectivity index (χ2v) is 8.63. The second-order valence-electron chi connectivity index (χ2n) is 7.38. The van der Waals surface area contributed by atoms with E-state index >= 15 is 0 Å². The molecule has 0 radical (unpaired) electrons. The van der Waals surface area contributed by atoms with Gasteiger partial charge >= 0.3 is 5.97 Å². The molecule has 1 fully saturated rings. The molecule has 5 heteroatoms. The molecule has 4 nitrogen and oxygen atoms in total. The number of rotatable bonds is 5. The van der Waals surface area contributed by atoms with E-state index < -0.39 is 0 Å². The van der Waals surface area contributed by atoms with Crippen LogP contribution in [0, 0.1) is 3.57 Å². The van der Waals surface area contributed by atoms with Gasteiger partial charge in [-0.25, -0.2) is 4.79 Å². The van der Waals surface area contributed by atoms with Crippen LogP contribution in [0.4, 0.5) is 0 Å². The third-order valence-electron chi connectivity index (χ3n) is 5.21. The molecule has 0 bridgehead atoms. The van der Waals surface area contributed by atoms with Crippen LogP contribution in [-0.4, -0.2) is 48.1 Å². The van der Waals surface area contributed by atoms with Crippen molar-refractivity contribution in [3.05, 3.63) is 68.8 Å². The first-order valence-electron chi connectivity index (χ1n) is 9.36. The van der Waals surface area contributed by atoms with Gasteiger partial charge in [0.15, 0.2) is 0 Å². The summed E-state index contributed by atoms with van der Waals surface area (Å²) in [5, 5.41) is 0. The first-order chi connectivity index (χ1) is 13.0. The molecule has 0 unspecified atom stereocenters. The molecule has 0 amide bonds. The summed E-state index contributed by atoms with van der Waals surface area (Å²) >= 11 is 2.38. The SMILES string of the molecule is COC(=O)c1ccc(CN2C[C@@H](C)N(Cc3cccc(I)c3)[C@@H](C)C2)cc1. The van der Waals surface area contributed by atoms with Crippen molar-refractivity contribution in [2.45, 2.75) is 39.0 Å². The van der Waals surface area contributed by atoms with Crippen molar-refractivity contribution in [3.63, 3.8) is 0 Å². The lowest BCUT2D eigenvalue weighted by atomic mass is 10.0. The summed E-state index contributed by atoms with van der Waals surface area (Å²) < 4.78 is 6.06. The van der Waals surface area contributed by atoms with Crippen molar-refractivity contribution in [2.75, 3.05) is 20.2 Å². The third-order valence-corrected chi connectivity index (χ3v) is 5.88. The van der Waals surface area contributed by atoms with E-state index in [1.54, 1.807) is 0 Å². The average Bonchev–Trinajstić information content (AvgIpc) is 2.65. The van der Waals surface area contributed by atoms with Crippen molar-refractivity contribution >= 4 is 28.6 Å². The quantitative estimate of drug-likeness (QED) is 0.477. The molecule has 2 aromatic rings. The Labute approximate surface area is 175 Å².